The first-order valence-corrected chi connectivity index (χ1v) is 11.5. The Labute approximate surface area is 206 Å². The Morgan fingerprint density at radius 2 is 1.19 bits per heavy atom. The van der Waals surface area contributed by atoms with E-state index in [2.05, 4.69) is 14.8 Å². The predicted octanol–water partition coefficient (Wildman–Crippen LogP) is 5.99. The van der Waals surface area contributed by atoms with Gasteiger partial charge in [0.1, 0.15) is 12.4 Å². The summed E-state index contributed by atoms with van der Waals surface area (Å²) in [5, 5.41) is 2.90. The van der Waals surface area contributed by atoms with Crippen LogP contribution in [0.3, 0.4) is 0 Å². The summed E-state index contributed by atoms with van der Waals surface area (Å²) in [5.74, 6) is -1.10. The molecule has 0 saturated heterocycles. The zero-order valence-corrected chi connectivity index (χ0v) is 19.0. The van der Waals surface area contributed by atoms with Crippen LogP contribution in [-0.4, -0.2) is 18.8 Å². The second-order valence-corrected chi connectivity index (χ2v) is 8.72. The average molecular weight is 485 g/mol. The lowest BCUT2D eigenvalue weighted by molar-refractivity contribution is -0.286. The Bertz CT molecular complexity index is 1310. The molecule has 36 heavy (non-hydrogen) atoms. The van der Waals surface area contributed by atoms with E-state index in [4.69, 9.17) is 4.74 Å². The quantitative estimate of drug-likeness (QED) is 0.361. The summed E-state index contributed by atoms with van der Waals surface area (Å²) in [6.07, 6.45) is -3.77. The maximum Gasteiger partial charge on any atom is 0.586 e. The average Bonchev–Trinajstić information content (AvgIpc) is 3.11. The molecule has 0 radical (unpaired) electrons. The van der Waals surface area contributed by atoms with Crippen LogP contribution in [0, 0.1) is 5.92 Å². The summed E-state index contributed by atoms with van der Waals surface area (Å²) in [6, 6.07) is 32.1. The second kappa shape index (κ2) is 8.37. The Kier molecular flexibility index (Phi) is 5.14. The molecular formula is C29H21F2NO4. The highest BCUT2D eigenvalue weighted by Gasteiger charge is 2.49. The molecule has 0 fully saturated rings. The predicted molar refractivity (Wildman–Crippen MR) is 129 cm³/mol. The first-order valence-electron chi connectivity index (χ1n) is 11.5. The highest BCUT2D eigenvalue weighted by Crippen LogP contribution is 2.50. The normalized spacial score (nSPS) is 17.9. The van der Waals surface area contributed by atoms with Gasteiger partial charge >= 0.3 is 6.29 Å². The van der Waals surface area contributed by atoms with Crippen LogP contribution < -0.4 is 19.5 Å². The number of amides is 1. The van der Waals surface area contributed by atoms with E-state index in [1.165, 1.54) is 12.1 Å². The minimum Gasteiger partial charge on any atom is -0.490 e. The van der Waals surface area contributed by atoms with Gasteiger partial charge in [-0.2, -0.15) is 0 Å². The number of fused-ring (bicyclic) bond motifs is 2. The molecule has 4 aromatic rings. The van der Waals surface area contributed by atoms with Gasteiger partial charge in [0.15, 0.2) is 11.5 Å². The SMILES string of the molecule is O=C1Nc2cc3c(cc2OC[C@@H]1C(c1ccccc1)(c1ccccc1)c1ccccc1)OC(F)(F)O3. The number of hydrogen-bond donors (Lipinski definition) is 1. The zero-order chi connectivity index (χ0) is 24.8. The van der Waals surface area contributed by atoms with Crippen LogP contribution in [0.5, 0.6) is 17.2 Å². The third-order valence-corrected chi connectivity index (χ3v) is 6.69. The van der Waals surface area contributed by atoms with E-state index in [1.54, 1.807) is 0 Å². The molecule has 6 rings (SSSR count). The molecule has 4 aromatic carbocycles. The van der Waals surface area contributed by atoms with Gasteiger partial charge < -0.3 is 19.5 Å². The molecule has 1 N–H and O–H groups in total. The van der Waals surface area contributed by atoms with Crippen molar-refractivity contribution in [2.24, 2.45) is 5.92 Å². The van der Waals surface area contributed by atoms with E-state index in [-0.39, 0.29) is 35.4 Å². The van der Waals surface area contributed by atoms with Crippen LogP contribution in [-0.2, 0) is 10.2 Å². The molecule has 5 nitrogen and oxygen atoms in total. The number of rotatable bonds is 4. The smallest absolute Gasteiger partial charge is 0.490 e. The Morgan fingerprint density at radius 1 is 0.722 bits per heavy atom. The second-order valence-electron chi connectivity index (χ2n) is 8.72. The van der Waals surface area contributed by atoms with Crippen molar-refractivity contribution < 1.29 is 27.8 Å². The third kappa shape index (κ3) is 3.55. The van der Waals surface area contributed by atoms with Gasteiger partial charge in [0.2, 0.25) is 5.91 Å². The Morgan fingerprint density at radius 3 is 1.69 bits per heavy atom. The number of nitrogens with one attached hydrogen (secondary N) is 1. The van der Waals surface area contributed by atoms with Crippen LogP contribution in [0.1, 0.15) is 16.7 Å². The molecule has 0 saturated carbocycles. The van der Waals surface area contributed by atoms with Crippen molar-refractivity contribution in [1.82, 2.24) is 0 Å². The van der Waals surface area contributed by atoms with Crippen molar-refractivity contribution in [2.45, 2.75) is 11.7 Å². The summed E-state index contributed by atoms with van der Waals surface area (Å²) in [4.78, 5) is 14.0. The lowest BCUT2D eigenvalue weighted by Gasteiger charge is -2.41. The van der Waals surface area contributed by atoms with E-state index >= 15 is 0 Å². The lowest BCUT2D eigenvalue weighted by Crippen LogP contribution is -2.46. The summed E-state index contributed by atoms with van der Waals surface area (Å²) >= 11 is 0. The van der Waals surface area contributed by atoms with Crippen molar-refractivity contribution in [1.29, 1.82) is 0 Å². The Balaban J connectivity index is 1.52. The fourth-order valence-corrected chi connectivity index (χ4v) is 5.19. The third-order valence-electron chi connectivity index (χ3n) is 6.69. The number of carbonyl (C=O) groups is 1. The van der Waals surface area contributed by atoms with E-state index in [0.29, 0.717) is 0 Å². The van der Waals surface area contributed by atoms with Gasteiger partial charge in [-0.3, -0.25) is 4.79 Å². The molecule has 1 atom stereocenters. The number of carbonyl (C=O) groups excluding carboxylic acids is 1. The molecule has 2 aliphatic rings. The van der Waals surface area contributed by atoms with Gasteiger partial charge in [-0.1, -0.05) is 91.0 Å². The first-order chi connectivity index (χ1) is 17.5. The number of benzene rings is 4. The highest BCUT2D eigenvalue weighted by molar-refractivity contribution is 5.97. The topological polar surface area (TPSA) is 56.8 Å². The molecule has 1 amide bonds. The lowest BCUT2D eigenvalue weighted by atomic mass is 9.61. The van der Waals surface area contributed by atoms with E-state index in [1.807, 2.05) is 91.0 Å². The highest BCUT2D eigenvalue weighted by atomic mass is 19.3. The zero-order valence-electron chi connectivity index (χ0n) is 19.0. The van der Waals surface area contributed by atoms with Gasteiger partial charge in [-0.25, -0.2) is 0 Å². The van der Waals surface area contributed by atoms with E-state index < -0.39 is 17.6 Å². The van der Waals surface area contributed by atoms with Gasteiger partial charge in [0, 0.05) is 12.1 Å². The molecule has 180 valence electrons. The molecule has 0 bridgehead atoms. The van der Waals surface area contributed by atoms with Crippen LogP contribution in [0.15, 0.2) is 103 Å². The molecular weight excluding hydrogens is 464 g/mol. The van der Waals surface area contributed by atoms with Crippen molar-refractivity contribution >= 4 is 11.6 Å². The van der Waals surface area contributed by atoms with Crippen LogP contribution in [0.4, 0.5) is 14.5 Å². The van der Waals surface area contributed by atoms with Crippen molar-refractivity contribution in [3.8, 4) is 17.2 Å². The van der Waals surface area contributed by atoms with Crippen LogP contribution >= 0.6 is 0 Å². The maximum absolute atomic E-state index is 14.0. The molecule has 0 aromatic heterocycles. The van der Waals surface area contributed by atoms with Crippen molar-refractivity contribution in [3.63, 3.8) is 0 Å². The minimum absolute atomic E-state index is 0.00640. The fourth-order valence-electron chi connectivity index (χ4n) is 5.19. The maximum atomic E-state index is 14.0. The van der Waals surface area contributed by atoms with Crippen molar-refractivity contribution in [2.75, 3.05) is 11.9 Å². The van der Waals surface area contributed by atoms with Gasteiger partial charge in [0.25, 0.3) is 0 Å². The summed E-state index contributed by atoms with van der Waals surface area (Å²) in [5.41, 5.74) is 2.10. The van der Waals surface area contributed by atoms with E-state index in [0.717, 1.165) is 16.7 Å². The van der Waals surface area contributed by atoms with Crippen LogP contribution in [0.25, 0.3) is 0 Å². The Hall–Kier alpha value is -4.39. The number of halogens is 2. The number of hydrogen-bond acceptors (Lipinski definition) is 4. The monoisotopic (exact) mass is 485 g/mol. The summed E-state index contributed by atoms with van der Waals surface area (Å²) in [6.45, 7) is -0.00640. The molecule has 0 spiro atoms. The fraction of sp³-hybridized carbons (Fsp3) is 0.138. The van der Waals surface area contributed by atoms with Crippen molar-refractivity contribution in [3.05, 3.63) is 120 Å². The van der Waals surface area contributed by atoms with E-state index in [9.17, 15) is 13.6 Å². The standard InChI is InChI=1S/C29H21F2NO4/c30-29(31)35-25-16-23-24(17-26(25)36-29)34-18-22(27(33)32-23)28(19-10-4-1-5-11-19,20-12-6-2-7-13-20)21-14-8-3-9-15-21/h1-17,22H,18H2,(H,32,33)/t22-/m0/s1. The molecule has 2 aliphatic heterocycles. The molecule has 0 aliphatic carbocycles. The van der Waals surface area contributed by atoms with Crippen LogP contribution in [0.2, 0.25) is 0 Å². The van der Waals surface area contributed by atoms with Gasteiger partial charge in [-0.05, 0) is 16.7 Å². The number of alkyl halides is 2. The summed E-state index contributed by atoms with van der Waals surface area (Å²) in [7, 11) is 0. The molecule has 0 unspecified atom stereocenters. The largest absolute Gasteiger partial charge is 0.586 e. The van der Waals surface area contributed by atoms with Gasteiger partial charge in [-0.15, -0.1) is 8.78 Å². The number of ether oxygens (including phenoxy) is 3. The molecule has 7 heteroatoms. The minimum atomic E-state index is -3.77. The van der Waals surface area contributed by atoms with Gasteiger partial charge in [0.05, 0.1) is 17.0 Å². The summed E-state index contributed by atoms with van der Waals surface area (Å²) < 4.78 is 42.5. The first kappa shape index (κ1) is 22.1. The number of anilines is 1. The molecule has 2 heterocycles.